The first-order valence-corrected chi connectivity index (χ1v) is 7.12. The van der Waals surface area contributed by atoms with Crippen molar-refractivity contribution in [1.82, 2.24) is 10.6 Å². The van der Waals surface area contributed by atoms with E-state index in [9.17, 15) is 4.79 Å². The lowest BCUT2D eigenvalue weighted by molar-refractivity contribution is 0.255. The first-order chi connectivity index (χ1) is 9.97. The minimum atomic E-state index is -0.432. The smallest absolute Gasteiger partial charge is 0.326 e. The molecule has 0 aliphatic heterocycles. The lowest BCUT2D eigenvalue weighted by Gasteiger charge is -2.15. The van der Waals surface area contributed by atoms with E-state index in [-0.39, 0.29) is 5.96 Å². The lowest BCUT2D eigenvalue weighted by atomic mass is 10.1. The van der Waals surface area contributed by atoms with Gasteiger partial charge in [-0.3, -0.25) is 10.7 Å². The first-order valence-electron chi connectivity index (χ1n) is 7.12. The van der Waals surface area contributed by atoms with Crippen LogP contribution in [-0.4, -0.2) is 25.1 Å². The molecule has 0 atom stereocenters. The summed E-state index contributed by atoms with van der Waals surface area (Å²) in [5, 5.41) is 15.6. The molecule has 116 valence electrons. The van der Waals surface area contributed by atoms with E-state index in [4.69, 9.17) is 10.1 Å². The van der Waals surface area contributed by atoms with E-state index in [0.29, 0.717) is 13.2 Å². The van der Waals surface area contributed by atoms with Crippen LogP contribution in [0, 0.1) is 19.3 Å². The van der Waals surface area contributed by atoms with Crippen LogP contribution in [0.4, 0.5) is 10.5 Å². The van der Waals surface area contributed by atoms with E-state index in [1.807, 2.05) is 39.8 Å². The normalized spacial score (nSPS) is 9.90. The SMILES string of the molecule is CCCNC(=N)NC(=O)Nc1c(C)cc(OCC)cc1C. The number of nitrogens with one attached hydrogen (secondary N) is 4. The first kappa shape index (κ1) is 16.8. The molecule has 0 heterocycles. The Balaban J connectivity index is 2.70. The lowest BCUT2D eigenvalue weighted by Crippen LogP contribution is -2.42. The van der Waals surface area contributed by atoms with E-state index in [1.165, 1.54) is 0 Å². The van der Waals surface area contributed by atoms with Gasteiger partial charge in [0.2, 0.25) is 0 Å². The Morgan fingerprint density at radius 3 is 2.38 bits per heavy atom. The Bertz CT molecular complexity index is 491. The number of carbonyl (C=O) groups excluding carboxylic acids is 1. The average molecular weight is 292 g/mol. The highest BCUT2D eigenvalue weighted by Crippen LogP contribution is 2.26. The molecule has 0 bridgehead atoms. The average Bonchev–Trinajstić information content (AvgIpc) is 2.41. The van der Waals surface area contributed by atoms with Gasteiger partial charge in [-0.15, -0.1) is 0 Å². The van der Waals surface area contributed by atoms with Crippen molar-refractivity contribution in [3.05, 3.63) is 23.3 Å². The molecule has 6 nitrogen and oxygen atoms in total. The summed E-state index contributed by atoms with van der Waals surface area (Å²) in [5.41, 5.74) is 2.57. The maximum atomic E-state index is 11.9. The largest absolute Gasteiger partial charge is 0.494 e. The van der Waals surface area contributed by atoms with Crippen LogP contribution in [-0.2, 0) is 0 Å². The Labute approximate surface area is 125 Å². The second kappa shape index (κ2) is 8.14. The molecule has 0 saturated heterocycles. The summed E-state index contributed by atoms with van der Waals surface area (Å²) in [7, 11) is 0. The number of guanidine groups is 1. The molecular weight excluding hydrogens is 268 g/mol. The molecule has 0 fully saturated rings. The predicted octanol–water partition coefficient (Wildman–Crippen LogP) is 2.76. The third-order valence-electron chi connectivity index (χ3n) is 2.85. The van der Waals surface area contributed by atoms with Crippen molar-refractivity contribution >= 4 is 17.7 Å². The summed E-state index contributed by atoms with van der Waals surface area (Å²) < 4.78 is 5.46. The zero-order chi connectivity index (χ0) is 15.8. The number of carbonyl (C=O) groups is 1. The number of ether oxygens (including phenoxy) is 1. The maximum absolute atomic E-state index is 11.9. The number of hydrogen-bond acceptors (Lipinski definition) is 3. The summed E-state index contributed by atoms with van der Waals surface area (Å²) in [6.07, 6.45) is 0.892. The fraction of sp³-hybridized carbons (Fsp3) is 0.467. The van der Waals surface area contributed by atoms with Gasteiger partial charge in [-0.2, -0.15) is 0 Å². The third kappa shape index (κ3) is 5.33. The highest BCUT2D eigenvalue weighted by Gasteiger charge is 2.10. The number of benzene rings is 1. The summed E-state index contributed by atoms with van der Waals surface area (Å²) in [6.45, 7) is 9.00. The zero-order valence-electron chi connectivity index (χ0n) is 13.1. The number of anilines is 1. The number of aryl methyl sites for hydroxylation is 2. The molecule has 1 aromatic rings. The fourth-order valence-corrected chi connectivity index (χ4v) is 1.92. The fourth-order valence-electron chi connectivity index (χ4n) is 1.92. The molecule has 21 heavy (non-hydrogen) atoms. The van der Waals surface area contributed by atoms with Gasteiger partial charge in [0.25, 0.3) is 0 Å². The monoisotopic (exact) mass is 292 g/mol. The van der Waals surface area contributed by atoms with E-state index in [2.05, 4.69) is 16.0 Å². The molecule has 0 unspecified atom stereocenters. The van der Waals surface area contributed by atoms with E-state index in [1.54, 1.807) is 0 Å². The molecule has 0 saturated carbocycles. The molecule has 0 aromatic heterocycles. The molecule has 0 aliphatic carbocycles. The molecule has 0 radical (unpaired) electrons. The van der Waals surface area contributed by atoms with Crippen LogP contribution in [0.1, 0.15) is 31.4 Å². The molecule has 1 aromatic carbocycles. The molecule has 4 N–H and O–H groups in total. The highest BCUT2D eigenvalue weighted by atomic mass is 16.5. The maximum Gasteiger partial charge on any atom is 0.326 e. The minimum Gasteiger partial charge on any atom is -0.494 e. The standard InChI is InChI=1S/C15H24N4O2/c1-5-7-17-14(16)19-15(20)18-13-10(3)8-12(21-6-2)9-11(13)4/h8-9H,5-7H2,1-4H3,(H4,16,17,18,19,20). The van der Waals surface area contributed by atoms with E-state index >= 15 is 0 Å². The van der Waals surface area contributed by atoms with Crippen molar-refractivity contribution in [2.45, 2.75) is 34.1 Å². The molecule has 0 aliphatic rings. The van der Waals surface area contributed by atoms with Crippen LogP contribution in [0.5, 0.6) is 5.75 Å². The van der Waals surface area contributed by atoms with Gasteiger partial charge in [0.05, 0.1) is 6.61 Å². The van der Waals surface area contributed by atoms with Crippen molar-refractivity contribution in [3.63, 3.8) is 0 Å². The molecule has 1 rings (SSSR count). The topological polar surface area (TPSA) is 86.2 Å². The molecular formula is C15H24N4O2. The summed E-state index contributed by atoms with van der Waals surface area (Å²) in [5.74, 6) is 0.784. The summed E-state index contributed by atoms with van der Waals surface area (Å²) in [6, 6.07) is 3.33. The van der Waals surface area contributed by atoms with Gasteiger partial charge in [-0.25, -0.2) is 4.79 Å². The van der Waals surface area contributed by atoms with Gasteiger partial charge in [0, 0.05) is 12.2 Å². The highest BCUT2D eigenvalue weighted by molar-refractivity contribution is 6.02. The summed E-state index contributed by atoms with van der Waals surface area (Å²) >= 11 is 0. The Morgan fingerprint density at radius 1 is 1.24 bits per heavy atom. The minimum absolute atomic E-state index is 0.00408. The number of amides is 2. The van der Waals surface area contributed by atoms with Crippen molar-refractivity contribution in [1.29, 1.82) is 5.41 Å². The Morgan fingerprint density at radius 2 is 1.86 bits per heavy atom. The second-order valence-electron chi connectivity index (χ2n) is 4.75. The van der Waals surface area contributed by atoms with Crippen molar-refractivity contribution < 1.29 is 9.53 Å². The van der Waals surface area contributed by atoms with Crippen LogP contribution in [0.3, 0.4) is 0 Å². The number of urea groups is 1. The number of hydrogen-bond donors (Lipinski definition) is 4. The van der Waals surface area contributed by atoms with Gasteiger partial charge in [-0.1, -0.05) is 6.92 Å². The van der Waals surface area contributed by atoms with Crippen molar-refractivity contribution in [3.8, 4) is 5.75 Å². The van der Waals surface area contributed by atoms with Gasteiger partial charge < -0.3 is 15.4 Å². The Kier molecular flexibility index (Phi) is 6.52. The third-order valence-corrected chi connectivity index (χ3v) is 2.85. The molecule has 6 heteroatoms. The second-order valence-corrected chi connectivity index (χ2v) is 4.75. The number of rotatable bonds is 5. The van der Waals surface area contributed by atoms with Crippen LogP contribution >= 0.6 is 0 Å². The van der Waals surface area contributed by atoms with E-state index in [0.717, 1.165) is 29.0 Å². The van der Waals surface area contributed by atoms with Gasteiger partial charge >= 0.3 is 6.03 Å². The van der Waals surface area contributed by atoms with Gasteiger partial charge in [0.1, 0.15) is 5.75 Å². The predicted molar refractivity (Wildman–Crippen MR) is 85.3 cm³/mol. The van der Waals surface area contributed by atoms with Crippen molar-refractivity contribution in [2.24, 2.45) is 0 Å². The van der Waals surface area contributed by atoms with Crippen LogP contribution in [0.15, 0.2) is 12.1 Å². The quantitative estimate of drug-likeness (QED) is 0.497. The van der Waals surface area contributed by atoms with Crippen LogP contribution in [0.2, 0.25) is 0 Å². The van der Waals surface area contributed by atoms with Crippen molar-refractivity contribution in [2.75, 3.05) is 18.5 Å². The molecule has 2 amide bonds. The van der Waals surface area contributed by atoms with E-state index < -0.39 is 6.03 Å². The van der Waals surface area contributed by atoms with Crippen LogP contribution < -0.4 is 20.7 Å². The Hall–Kier alpha value is -2.24. The summed E-state index contributed by atoms with van der Waals surface area (Å²) in [4.78, 5) is 11.9. The van der Waals surface area contributed by atoms with Crippen LogP contribution in [0.25, 0.3) is 0 Å². The molecule has 0 spiro atoms. The zero-order valence-corrected chi connectivity index (χ0v) is 13.1. The van der Waals surface area contributed by atoms with Gasteiger partial charge in [0.15, 0.2) is 5.96 Å². The van der Waals surface area contributed by atoms with Gasteiger partial charge in [-0.05, 0) is 50.5 Å².